The van der Waals surface area contributed by atoms with Gasteiger partial charge in [0.25, 0.3) is 11.5 Å². The van der Waals surface area contributed by atoms with Gasteiger partial charge in [0.2, 0.25) is 0 Å². The lowest BCUT2D eigenvalue weighted by atomic mass is 9.86. The second-order valence-corrected chi connectivity index (χ2v) is 7.44. The lowest BCUT2D eigenvalue weighted by Crippen LogP contribution is -2.46. The molecule has 1 heterocycles. The van der Waals surface area contributed by atoms with Crippen LogP contribution in [0.4, 0.5) is 0 Å². The normalized spacial score (nSPS) is 20.5. The van der Waals surface area contributed by atoms with Gasteiger partial charge in [0.1, 0.15) is 0 Å². The third-order valence-corrected chi connectivity index (χ3v) is 5.45. The molecule has 1 aromatic heterocycles. The van der Waals surface area contributed by atoms with Gasteiger partial charge in [0.05, 0.1) is 5.39 Å². The van der Waals surface area contributed by atoms with Crippen LogP contribution in [-0.4, -0.2) is 33.8 Å². The average molecular weight is 385 g/mol. The Morgan fingerprint density at radius 2 is 1.93 bits per heavy atom. The fourth-order valence-electron chi connectivity index (χ4n) is 3.70. The number of amides is 1. The van der Waals surface area contributed by atoms with Crippen molar-refractivity contribution in [2.24, 2.45) is 5.92 Å². The quantitative estimate of drug-likeness (QED) is 0.799. The minimum Gasteiger partial charge on any atom is -0.448 e. The highest BCUT2D eigenvalue weighted by molar-refractivity contribution is 6.02. The summed E-state index contributed by atoms with van der Waals surface area (Å²) in [7, 11) is 0. The van der Waals surface area contributed by atoms with E-state index in [9.17, 15) is 14.4 Å². The smallest absolute Gasteiger partial charge is 0.360 e. The number of nitrogens with zero attached hydrogens (tertiary/aromatic N) is 2. The Hall–Kier alpha value is -2.70. The Morgan fingerprint density at radius 1 is 1.25 bits per heavy atom. The van der Waals surface area contributed by atoms with Crippen LogP contribution in [0.3, 0.4) is 0 Å². The number of esters is 1. The predicted molar refractivity (Wildman–Crippen MR) is 106 cm³/mol. The first kappa shape index (κ1) is 20.0. The summed E-state index contributed by atoms with van der Waals surface area (Å²) in [6.45, 7) is 5.79. The van der Waals surface area contributed by atoms with Crippen molar-refractivity contribution in [3.63, 3.8) is 0 Å². The van der Waals surface area contributed by atoms with Crippen LogP contribution < -0.4 is 10.9 Å². The van der Waals surface area contributed by atoms with Crippen LogP contribution >= 0.6 is 0 Å². The van der Waals surface area contributed by atoms with Crippen LogP contribution in [0, 0.1) is 5.92 Å². The van der Waals surface area contributed by atoms with E-state index in [1.54, 1.807) is 38.1 Å². The van der Waals surface area contributed by atoms with E-state index in [0.717, 1.165) is 19.3 Å². The van der Waals surface area contributed by atoms with Crippen LogP contribution in [0.5, 0.6) is 0 Å². The van der Waals surface area contributed by atoms with Crippen LogP contribution in [-0.2, 0) is 16.1 Å². The summed E-state index contributed by atoms with van der Waals surface area (Å²) in [6.07, 6.45) is 3.38. The maximum Gasteiger partial charge on any atom is 0.360 e. The number of fused-ring (bicyclic) bond motifs is 1. The van der Waals surface area contributed by atoms with Crippen molar-refractivity contribution in [1.82, 2.24) is 15.1 Å². The van der Waals surface area contributed by atoms with E-state index in [2.05, 4.69) is 17.3 Å². The molecule has 0 radical (unpaired) electrons. The number of benzene rings is 1. The van der Waals surface area contributed by atoms with Crippen molar-refractivity contribution in [1.29, 1.82) is 0 Å². The molecule has 3 rings (SSSR count). The Balaban J connectivity index is 1.78. The van der Waals surface area contributed by atoms with E-state index >= 15 is 0 Å². The number of nitrogens with one attached hydrogen (secondary N) is 1. The van der Waals surface area contributed by atoms with Crippen LogP contribution in [0.15, 0.2) is 29.1 Å². The second kappa shape index (κ2) is 8.54. The number of ether oxygens (including phenoxy) is 1. The standard InChI is InChI=1S/C21H27N3O4/c1-4-24-20(26)16-11-7-6-10-15(16)18(23-24)21(27)28-14(3)19(25)22-17-12-8-5-9-13(17)2/h6-7,10-11,13-14,17H,4-5,8-9,12H2,1-3H3,(H,22,25)/t13-,14+,17+/m0/s1. The minimum atomic E-state index is -0.941. The summed E-state index contributed by atoms with van der Waals surface area (Å²) in [5, 5.41) is 7.99. The zero-order valence-electron chi connectivity index (χ0n) is 16.6. The number of carbonyl (C=O) groups excluding carboxylic acids is 2. The lowest BCUT2D eigenvalue weighted by molar-refractivity contribution is -0.130. The summed E-state index contributed by atoms with van der Waals surface area (Å²) in [5.41, 5.74) is -0.213. The van der Waals surface area contributed by atoms with Crippen molar-refractivity contribution in [2.45, 2.75) is 65.1 Å². The van der Waals surface area contributed by atoms with E-state index in [4.69, 9.17) is 4.74 Å². The number of rotatable bonds is 5. The first-order valence-corrected chi connectivity index (χ1v) is 9.93. The lowest BCUT2D eigenvalue weighted by Gasteiger charge is -2.30. The molecule has 0 spiro atoms. The highest BCUT2D eigenvalue weighted by Gasteiger charge is 2.27. The van der Waals surface area contributed by atoms with Gasteiger partial charge in [-0.1, -0.05) is 38.0 Å². The molecule has 1 aromatic carbocycles. The number of aromatic nitrogens is 2. The van der Waals surface area contributed by atoms with Crippen molar-refractivity contribution in [3.05, 3.63) is 40.3 Å². The fourth-order valence-corrected chi connectivity index (χ4v) is 3.70. The second-order valence-electron chi connectivity index (χ2n) is 7.44. The van der Waals surface area contributed by atoms with Crippen LogP contribution in [0.1, 0.15) is 56.9 Å². The molecule has 7 heteroatoms. The summed E-state index contributed by atoms with van der Waals surface area (Å²) in [4.78, 5) is 37.6. The van der Waals surface area contributed by atoms with Gasteiger partial charge in [-0.05, 0) is 38.7 Å². The molecule has 2 aromatic rings. The molecular formula is C21H27N3O4. The van der Waals surface area contributed by atoms with Gasteiger partial charge in [-0.25, -0.2) is 9.48 Å². The molecule has 150 valence electrons. The highest BCUT2D eigenvalue weighted by atomic mass is 16.5. The topological polar surface area (TPSA) is 90.3 Å². The molecule has 0 saturated heterocycles. The zero-order valence-corrected chi connectivity index (χ0v) is 16.6. The number of hydrogen-bond acceptors (Lipinski definition) is 5. The van der Waals surface area contributed by atoms with E-state index in [1.807, 2.05) is 0 Å². The first-order chi connectivity index (χ1) is 13.4. The summed E-state index contributed by atoms with van der Waals surface area (Å²) >= 11 is 0. The Bertz CT molecular complexity index is 937. The van der Waals surface area contributed by atoms with E-state index < -0.39 is 12.1 Å². The monoisotopic (exact) mass is 385 g/mol. The maximum atomic E-state index is 12.7. The maximum absolute atomic E-state index is 12.7. The van der Waals surface area contributed by atoms with Gasteiger partial charge < -0.3 is 10.1 Å². The molecule has 1 N–H and O–H groups in total. The van der Waals surface area contributed by atoms with Crippen LogP contribution in [0.25, 0.3) is 10.8 Å². The molecule has 1 aliphatic rings. The molecule has 0 bridgehead atoms. The van der Waals surface area contributed by atoms with E-state index in [1.165, 1.54) is 11.1 Å². The van der Waals surface area contributed by atoms with Gasteiger partial charge >= 0.3 is 5.97 Å². The third-order valence-electron chi connectivity index (χ3n) is 5.45. The van der Waals surface area contributed by atoms with Crippen LogP contribution in [0.2, 0.25) is 0 Å². The molecular weight excluding hydrogens is 358 g/mol. The van der Waals surface area contributed by atoms with E-state index in [-0.39, 0.29) is 23.2 Å². The van der Waals surface area contributed by atoms with Crippen molar-refractivity contribution in [2.75, 3.05) is 0 Å². The molecule has 1 fully saturated rings. The number of hydrogen-bond donors (Lipinski definition) is 1. The molecule has 3 atom stereocenters. The third kappa shape index (κ3) is 4.08. The van der Waals surface area contributed by atoms with Crippen molar-refractivity contribution in [3.8, 4) is 0 Å². The highest BCUT2D eigenvalue weighted by Crippen LogP contribution is 2.24. The van der Waals surface area contributed by atoms with Gasteiger partial charge in [0.15, 0.2) is 11.8 Å². The van der Waals surface area contributed by atoms with Gasteiger partial charge in [-0.3, -0.25) is 9.59 Å². The zero-order chi connectivity index (χ0) is 20.3. The molecule has 0 aliphatic heterocycles. The largest absolute Gasteiger partial charge is 0.448 e. The summed E-state index contributed by atoms with van der Waals surface area (Å²) in [6, 6.07) is 6.90. The summed E-state index contributed by atoms with van der Waals surface area (Å²) < 4.78 is 6.62. The fraction of sp³-hybridized carbons (Fsp3) is 0.524. The van der Waals surface area contributed by atoms with Gasteiger partial charge in [-0.2, -0.15) is 5.10 Å². The molecule has 1 saturated carbocycles. The Kier molecular flexibility index (Phi) is 6.11. The summed E-state index contributed by atoms with van der Waals surface area (Å²) in [5.74, 6) is -0.600. The first-order valence-electron chi connectivity index (χ1n) is 9.93. The molecule has 7 nitrogen and oxygen atoms in total. The Morgan fingerprint density at radius 3 is 2.61 bits per heavy atom. The van der Waals surface area contributed by atoms with Crippen molar-refractivity contribution >= 4 is 22.6 Å². The molecule has 1 aliphatic carbocycles. The number of carbonyl (C=O) groups is 2. The van der Waals surface area contributed by atoms with E-state index in [0.29, 0.717) is 23.2 Å². The van der Waals surface area contributed by atoms with Gasteiger partial charge in [-0.15, -0.1) is 0 Å². The molecule has 28 heavy (non-hydrogen) atoms. The predicted octanol–water partition coefficient (Wildman–Crippen LogP) is 2.66. The molecule has 1 amide bonds. The molecule has 0 unspecified atom stereocenters. The minimum absolute atomic E-state index is 0.0442. The average Bonchev–Trinajstić information content (AvgIpc) is 2.70. The SMILES string of the molecule is CCn1nc(C(=O)O[C@H](C)C(=O)N[C@@H]2CCCC[C@@H]2C)c2ccccc2c1=O. The number of aryl methyl sites for hydroxylation is 1. The Labute approximate surface area is 164 Å². The van der Waals surface area contributed by atoms with Gasteiger partial charge in [0, 0.05) is 18.0 Å². The van der Waals surface area contributed by atoms with Crippen molar-refractivity contribution < 1.29 is 14.3 Å².